The molecule has 2 aromatic carbocycles. The summed E-state index contributed by atoms with van der Waals surface area (Å²) in [5.74, 6) is 0.670. The van der Waals surface area contributed by atoms with Gasteiger partial charge in [0.15, 0.2) is 5.16 Å². The molecule has 4 aromatic rings. The summed E-state index contributed by atoms with van der Waals surface area (Å²) < 4.78 is 3.53. The standard InChI is InChI=1S/C24H25N5O2S/c1-14(2)17-8-4-6-10-19(17)28-22(31)18-9-5-7-11-20(18)29-23(28)26-27-24(29)32-15(3)21(30)25-16-12-13-16/h4-11,14-16H,12-13H2,1-3H3,(H,25,30). The number of hydrogen-bond donors (Lipinski definition) is 1. The highest BCUT2D eigenvalue weighted by Gasteiger charge is 2.27. The number of rotatable bonds is 6. The summed E-state index contributed by atoms with van der Waals surface area (Å²) in [6, 6.07) is 15.7. The normalized spacial score (nSPS) is 14.9. The molecule has 2 aromatic heterocycles. The van der Waals surface area contributed by atoms with Crippen molar-refractivity contribution < 1.29 is 4.79 Å². The van der Waals surface area contributed by atoms with Crippen LogP contribution in [0.1, 0.15) is 45.1 Å². The number of nitrogens with zero attached hydrogens (tertiary/aromatic N) is 4. The van der Waals surface area contributed by atoms with Gasteiger partial charge >= 0.3 is 0 Å². The van der Waals surface area contributed by atoms with E-state index in [1.165, 1.54) is 11.8 Å². The van der Waals surface area contributed by atoms with E-state index in [2.05, 4.69) is 29.4 Å². The van der Waals surface area contributed by atoms with E-state index in [4.69, 9.17) is 0 Å². The van der Waals surface area contributed by atoms with Crippen LogP contribution in [0.4, 0.5) is 0 Å². The van der Waals surface area contributed by atoms with Crippen LogP contribution in [0.5, 0.6) is 0 Å². The minimum Gasteiger partial charge on any atom is -0.352 e. The van der Waals surface area contributed by atoms with Crippen molar-refractivity contribution in [2.75, 3.05) is 0 Å². The molecule has 1 aliphatic carbocycles. The van der Waals surface area contributed by atoms with Crippen LogP contribution in [0.15, 0.2) is 58.5 Å². The maximum atomic E-state index is 13.6. The van der Waals surface area contributed by atoms with Crippen LogP contribution in [0.2, 0.25) is 0 Å². The van der Waals surface area contributed by atoms with Crippen molar-refractivity contribution in [2.24, 2.45) is 0 Å². The van der Waals surface area contributed by atoms with Crippen molar-refractivity contribution in [3.8, 4) is 5.69 Å². The summed E-state index contributed by atoms with van der Waals surface area (Å²) in [7, 11) is 0. The van der Waals surface area contributed by atoms with Gasteiger partial charge in [0.25, 0.3) is 5.56 Å². The van der Waals surface area contributed by atoms with Gasteiger partial charge in [0.05, 0.1) is 21.8 Å². The van der Waals surface area contributed by atoms with Gasteiger partial charge in [-0.25, -0.2) is 4.57 Å². The Morgan fingerprint density at radius 2 is 1.78 bits per heavy atom. The molecule has 0 bridgehead atoms. The number of nitrogens with one attached hydrogen (secondary N) is 1. The Kier molecular flexibility index (Phi) is 5.25. The summed E-state index contributed by atoms with van der Waals surface area (Å²) in [6.45, 7) is 6.08. The van der Waals surface area contributed by atoms with Gasteiger partial charge in [-0.3, -0.25) is 14.0 Å². The Labute approximate surface area is 189 Å². The molecule has 5 rings (SSSR count). The number of carbonyl (C=O) groups is 1. The van der Waals surface area contributed by atoms with Crippen molar-refractivity contribution in [2.45, 2.75) is 56.0 Å². The molecule has 1 N–H and O–H groups in total. The highest BCUT2D eigenvalue weighted by Crippen LogP contribution is 2.29. The highest BCUT2D eigenvalue weighted by molar-refractivity contribution is 8.00. The van der Waals surface area contributed by atoms with E-state index in [9.17, 15) is 9.59 Å². The van der Waals surface area contributed by atoms with E-state index < -0.39 is 0 Å². The van der Waals surface area contributed by atoms with Crippen molar-refractivity contribution in [1.82, 2.24) is 24.5 Å². The fourth-order valence-electron chi connectivity index (χ4n) is 3.91. The first-order chi connectivity index (χ1) is 15.5. The molecule has 2 heterocycles. The Balaban J connectivity index is 1.71. The lowest BCUT2D eigenvalue weighted by Gasteiger charge is -2.17. The smallest absolute Gasteiger partial charge is 0.267 e. The number of thioether (sulfide) groups is 1. The van der Waals surface area contributed by atoms with Crippen LogP contribution >= 0.6 is 11.8 Å². The van der Waals surface area contributed by atoms with Gasteiger partial charge in [0, 0.05) is 6.04 Å². The summed E-state index contributed by atoms with van der Waals surface area (Å²) in [5, 5.41) is 12.7. The predicted octanol–water partition coefficient (Wildman–Crippen LogP) is 3.92. The second kappa shape index (κ2) is 8.09. The number of amides is 1. The van der Waals surface area contributed by atoms with Crippen molar-refractivity contribution in [3.05, 3.63) is 64.4 Å². The molecule has 0 spiro atoms. The fourth-order valence-corrected chi connectivity index (χ4v) is 4.77. The number of carbonyl (C=O) groups excluding carboxylic acids is 1. The van der Waals surface area contributed by atoms with E-state index in [1.54, 1.807) is 4.57 Å². The Morgan fingerprint density at radius 1 is 1.06 bits per heavy atom. The number of hydrogen-bond acceptors (Lipinski definition) is 5. The van der Waals surface area contributed by atoms with Gasteiger partial charge in [0.1, 0.15) is 0 Å². The molecule has 0 saturated heterocycles. The lowest BCUT2D eigenvalue weighted by atomic mass is 10.0. The largest absolute Gasteiger partial charge is 0.352 e. The molecule has 1 unspecified atom stereocenters. The number of fused-ring (bicyclic) bond motifs is 3. The average molecular weight is 448 g/mol. The third-order valence-corrected chi connectivity index (χ3v) is 6.81. The van der Waals surface area contributed by atoms with Gasteiger partial charge in [-0.2, -0.15) is 0 Å². The zero-order valence-electron chi connectivity index (χ0n) is 18.3. The number of aromatic nitrogens is 4. The first-order valence-electron chi connectivity index (χ1n) is 10.9. The van der Waals surface area contributed by atoms with E-state index in [0.29, 0.717) is 22.4 Å². The molecule has 0 aliphatic heterocycles. The van der Waals surface area contributed by atoms with E-state index in [-0.39, 0.29) is 22.6 Å². The maximum Gasteiger partial charge on any atom is 0.267 e. The number of benzene rings is 2. The Bertz CT molecular complexity index is 1390. The fraction of sp³-hybridized carbons (Fsp3) is 0.333. The predicted molar refractivity (Wildman–Crippen MR) is 127 cm³/mol. The van der Waals surface area contributed by atoms with Gasteiger partial charge < -0.3 is 5.32 Å². The van der Waals surface area contributed by atoms with Crippen molar-refractivity contribution in [1.29, 1.82) is 0 Å². The first-order valence-corrected chi connectivity index (χ1v) is 11.8. The molecule has 1 saturated carbocycles. The van der Waals surface area contributed by atoms with Gasteiger partial charge in [0.2, 0.25) is 11.7 Å². The second-order valence-electron chi connectivity index (χ2n) is 8.53. The average Bonchev–Trinajstić information content (AvgIpc) is 3.52. The van der Waals surface area contributed by atoms with Crippen LogP contribution < -0.4 is 10.9 Å². The SMILES string of the molecule is CC(Sc1nnc2n(-c3ccccc3C(C)C)c(=O)c3ccccc3n12)C(=O)NC1CC1. The summed E-state index contributed by atoms with van der Waals surface area (Å²) >= 11 is 1.35. The van der Waals surface area contributed by atoms with Crippen LogP contribution in [0.25, 0.3) is 22.4 Å². The van der Waals surface area contributed by atoms with Crippen LogP contribution in [-0.4, -0.2) is 36.4 Å². The summed E-state index contributed by atoms with van der Waals surface area (Å²) in [4.78, 5) is 26.1. The van der Waals surface area contributed by atoms with E-state index in [0.717, 1.165) is 29.6 Å². The molecule has 1 fully saturated rings. The molecule has 164 valence electrons. The van der Waals surface area contributed by atoms with Crippen molar-refractivity contribution >= 4 is 34.3 Å². The minimum absolute atomic E-state index is 0.00275. The van der Waals surface area contributed by atoms with Gasteiger partial charge in [-0.05, 0) is 49.4 Å². The molecule has 1 aliphatic rings. The minimum atomic E-state index is -0.329. The van der Waals surface area contributed by atoms with Gasteiger partial charge in [-0.15, -0.1) is 10.2 Å². The molecule has 1 amide bonds. The topological polar surface area (TPSA) is 81.3 Å². The van der Waals surface area contributed by atoms with Crippen molar-refractivity contribution in [3.63, 3.8) is 0 Å². The molecule has 1 atom stereocenters. The Morgan fingerprint density at radius 3 is 2.53 bits per heavy atom. The molecule has 8 heteroatoms. The number of para-hydroxylation sites is 2. The molecular formula is C24H25N5O2S. The quantitative estimate of drug-likeness (QED) is 0.453. The molecule has 0 radical (unpaired) electrons. The monoisotopic (exact) mass is 447 g/mol. The Hall–Kier alpha value is -3.13. The van der Waals surface area contributed by atoms with E-state index in [1.807, 2.05) is 59.9 Å². The van der Waals surface area contributed by atoms with Crippen LogP contribution in [-0.2, 0) is 4.79 Å². The third kappa shape index (κ3) is 3.58. The summed E-state index contributed by atoms with van der Waals surface area (Å²) in [5.41, 5.74) is 2.45. The lowest BCUT2D eigenvalue weighted by Crippen LogP contribution is -2.32. The molecular weight excluding hydrogens is 422 g/mol. The highest BCUT2D eigenvalue weighted by atomic mass is 32.2. The lowest BCUT2D eigenvalue weighted by molar-refractivity contribution is -0.120. The van der Waals surface area contributed by atoms with Gasteiger partial charge in [-0.1, -0.05) is 55.9 Å². The second-order valence-corrected chi connectivity index (χ2v) is 9.84. The van der Waals surface area contributed by atoms with Crippen LogP contribution in [0.3, 0.4) is 0 Å². The maximum absolute atomic E-state index is 13.6. The molecule has 7 nitrogen and oxygen atoms in total. The van der Waals surface area contributed by atoms with E-state index >= 15 is 0 Å². The first kappa shape index (κ1) is 20.8. The third-order valence-electron chi connectivity index (χ3n) is 5.77. The molecule has 32 heavy (non-hydrogen) atoms. The zero-order valence-corrected chi connectivity index (χ0v) is 19.1. The van der Waals surface area contributed by atoms with Crippen LogP contribution in [0, 0.1) is 0 Å². The summed E-state index contributed by atoms with van der Waals surface area (Å²) in [6.07, 6.45) is 2.09. The zero-order chi connectivity index (χ0) is 22.4.